The van der Waals surface area contributed by atoms with E-state index in [1.165, 1.54) is 12.8 Å². The predicted octanol–water partition coefficient (Wildman–Crippen LogP) is 2.29. The number of allylic oxidation sites excluding steroid dienone is 2. The van der Waals surface area contributed by atoms with Crippen molar-refractivity contribution < 1.29 is 0 Å². The van der Waals surface area contributed by atoms with Gasteiger partial charge in [0.25, 0.3) is 0 Å². The van der Waals surface area contributed by atoms with Crippen molar-refractivity contribution in [2.24, 2.45) is 5.10 Å². The highest BCUT2D eigenvalue weighted by Gasteiger charge is 1.82. The molecule has 0 amide bonds. The van der Waals surface area contributed by atoms with Crippen LogP contribution in [-0.2, 0) is 0 Å². The van der Waals surface area contributed by atoms with E-state index in [0.717, 1.165) is 12.1 Å². The van der Waals surface area contributed by atoms with Gasteiger partial charge in [0.05, 0.1) is 0 Å². The molecule has 2 heteroatoms. The third kappa shape index (κ3) is 5.35. The normalized spacial score (nSPS) is 11.2. The van der Waals surface area contributed by atoms with Crippen molar-refractivity contribution in [2.75, 3.05) is 0 Å². The van der Waals surface area contributed by atoms with Gasteiger partial charge in [-0.1, -0.05) is 25.8 Å². The molecule has 10 heavy (non-hydrogen) atoms. The maximum atomic E-state index is 3.55. The van der Waals surface area contributed by atoms with Crippen LogP contribution in [0.15, 0.2) is 16.9 Å². The summed E-state index contributed by atoms with van der Waals surface area (Å²) in [7, 11) is 0. The van der Waals surface area contributed by atoms with Crippen LogP contribution in [-0.4, -0.2) is 6.72 Å². The van der Waals surface area contributed by atoms with Crippen molar-refractivity contribution in [2.45, 2.75) is 33.1 Å². The summed E-state index contributed by atoms with van der Waals surface area (Å²) in [6.45, 7) is 7.50. The fourth-order valence-electron chi connectivity index (χ4n) is 0.693. The Morgan fingerprint density at radius 3 is 2.90 bits per heavy atom. The Morgan fingerprint density at radius 1 is 1.70 bits per heavy atom. The lowest BCUT2D eigenvalue weighted by molar-refractivity contribution is 0.795. The molecule has 0 heterocycles. The summed E-state index contributed by atoms with van der Waals surface area (Å²) in [5, 5.41) is 3.55. The SMILES string of the molecule is C=NN/C(C)=C\CCCC. The zero-order valence-electron chi connectivity index (χ0n) is 6.85. The van der Waals surface area contributed by atoms with E-state index in [1.807, 2.05) is 6.92 Å². The van der Waals surface area contributed by atoms with E-state index in [2.05, 4.69) is 30.2 Å². The first kappa shape index (κ1) is 9.21. The molecule has 0 unspecified atom stereocenters. The van der Waals surface area contributed by atoms with Crippen LogP contribution >= 0.6 is 0 Å². The molecule has 0 aromatic rings. The summed E-state index contributed by atoms with van der Waals surface area (Å²) in [5.41, 5.74) is 3.87. The summed E-state index contributed by atoms with van der Waals surface area (Å²) in [6.07, 6.45) is 5.75. The zero-order chi connectivity index (χ0) is 7.82. The van der Waals surface area contributed by atoms with E-state index in [9.17, 15) is 0 Å². The maximum Gasteiger partial charge on any atom is 0.0264 e. The van der Waals surface area contributed by atoms with Crippen LogP contribution in [0, 0.1) is 0 Å². The zero-order valence-corrected chi connectivity index (χ0v) is 6.85. The molecule has 0 aliphatic heterocycles. The molecular weight excluding hydrogens is 124 g/mol. The number of hydrogen-bond donors (Lipinski definition) is 1. The van der Waals surface area contributed by atoms with Crippen molar-refractivity contribution in [3.63, 3.8) is 0 Å². The Hall–Kier alpha value is -0.790. The third-order valence-electron chi connectivity index (χ3n) is 1.26. The van der Waals surface area contributed by atoms with Gasteiger partial charge in [0.15, 0.2) is 0 Å². The first-order valence-electron chi connectivity index (χ1n) is 3.69. The summed E-state index contributed by atoms with van der Waals surface area (Å²) in [4.78, 5) is 0. The highest BCUT2D eigenvalue weighted by Crippen LogP contribution is 1.97. The van der Waals surface area contributed by atoms with Crippen LogP contribution in [0.5, 0.6) is 0 Å². The van der Waals surface area contributed by atoms with Gasteiger partial charge in [-0.05, 0) is 13.3 Å². The number of hydrogen-bond acceptors (Lipinski definition) is 2. The van der Waals surface area contributed by atoms with E-state index in [0.29, 0.717) is 0 Å². The minimum absolute atomic E-state index is 1.09. The van der Waals surface area contributed by atoms with Gasteiger partial charge in [-0.2, -0.15) is 5.10 Å². The van der Waals surface area contributed by atoms with Crippen molar-refractivity contribution in [1.29, 1.82) is 0 Å². The Bertz CT molecular complexity index is 116. The number of nitrogens with zero attached hydrogens (tertiary/aromatic N) is 1. The summed E-state index contributed by atoms with van der Waals surface area (Å²) in [6, 6.07) is 0. The molecule has 0 saturated heterocycles. The third-order valence-corrected chi connectivity index (χ3v) is 1.26. The number of hydrazone groups is 1. The molecule has 0 bridgehead atoms. The van der Waals surface area contributed by atoms with Gasteiger partial charge in [-0.25, -0.2) is 0 Å². The summed E-state index contributed by atoms with van der Waals surface area (Å²) < 4.78 is 0. The molecular formula is C8H16N2. The molecule has 0 saturated carbocycles. The lowest BCUT2D eigenvalue weighted by atomic mass is 10.2. The molecule has 0 atom stereocenters. The monoisotopic (exact) mass is 140 g/mol. The number of nitrogens with one attached hydrogen (secondary N) is 1. The standard InChI is InChI=1S/C8H16N2/c1-4-5-6-7-8(2)10-9-3/h7,10H,3-6H2,1-2H3/b8-7-. The molecule has 0 aliphatic carbocycles. The Balaban J connectivity index is 3.37. The van der Waals surface area contributed by atoms with Gasteiger partial charge in [-0.15, -0.1) is 0 Å². The van der Waals surface area contributed by atoms with Crippen molar-refractivity contribution in [3.05, 3.63) is 11.8 Å². The fourth-order valence-corrected chi connectivity index (χ4v) is 0.693. The van der Waals surface area contributed by atoms with Gasteiger partial charge in [-0.3, -0.25) is 5.43 Å². The van der Waals surface area contributed by atoms with Crippen LogP contribution < -0.4 is 5.43 Å². The average molecular weight is 140 g/mol. The highest BCUT2D eigenvalue weighted by molar-refractivity contribution is 5.23. The second kappa shape index (κ2) is 6.33. The van der Waals surface area contributed by atoms with Gasteiger partial charge in [0, 0.05) is 12.4 Å². The Labute approximate surface area is 63.0 Å². The molecule has 0 aliphatic rings. The second-order valence-electron chi connectivity index (χ2n) is 2.30. The van der Waals surface area contributed by atoms with Crippen LogP contribution in [0.3, 0.4) is 0 Å². The summed E-state index contributed by atoms with van der Waals surface area (Å²) >= 11 is 0. The minimum atomic E-state index is 1.09. The van der Waals surface area contributed by atoms with Crippen LogP contribution in [0.1, 0.15) is 33.1 Å². The maximum absolute atomic E-state index is 3.55. The Morgan fingerprint density at radius 2 is 2.40 bits per heavy atom. The number of unbranched alkanes of at least 4 members (excludes halogenated alkanes) is 2. The second-order valence-corrected chi connectivity index (χ2v) is 2.30. The van der Waals surface area contributed by atoms with Crippen LogP contribution in [0.4, 0.5) is 0 Å². The molecule has 2 nitrogen and oxygen atoms in total. The van der Waals surface area contributed by atoms with Crippen molar-refractivity contribution in [3.8, 4) is 0 Å². The molecule has 0 fully saturated rings. The first-order chi connectivity index (χ1) is 4.81. The Kier molecular flexibility index (Phi) is 5.83. The molecule has 0 spiro atoms. The predicted molar refractivity (Wildman–Crippen MR) is 46.0 cm³/mol. The van der Waals surface area contributed by atoms with Gasteiger partial charge >= 0.3 is 0 Å². The van der Waals surface area contributed by atoms with Gasteiger partial charge in [0.1, 0.15) is 0 Å². The quantitative estimate of drug-likeness (QED) is 0.353. The van der Waals surface area contributed by atoms with Gasteiger partial charge in [0.2, 0.25) is 0 Å². The molecule has 58 valence electrons. The molecule has 0 aromatic heterocycles. The smallest absolute Gasteiger partial charge is 0.0264 e. The van der Waals surface area contributed by atoms with E-state index in [4.69, 9.17) is 0 Å². The highest BCUT2D eigenvalue weighted by atomic mass is 15.3. The van der Waals surface area contributed by atoms with E-state index in [-0.39, 0.29) is 0 Å². The molecule has 0 radical (unpaired) electrons. The van der Waals surface area contributed by atoms with E-state index >= 15 is 0 Å². The van der Waals surface area contributed by atoms with E-state index in [1.54, 1.807) is 0 Å². The molecule has 0 rings (SSSR count). The largest absolute Gasteiger partial charge is 0.284 e. The minimum Gasteiger partial charge on any atom is -0.284 e. The van der Waals surface area contributed by atoms with Gasteiger partial charge < -0.3 is 0 Å². The fraction of sp³-hybridized carbons (Fsp3) is 0.625. The van der Waals surface area contributed by atoms with E-state index < -0.39 is 0 Å². The molecule has 1 N–H and O–H groups in total. The topological polar surface area (TPSA) is 24.4 Å². The number of rotatable bonds is 5. The van der Waals surface area contributed by atoms with Crippen LogP contribution in [0.25, 0.3) is 0 Å². The first-order valence-corrected chi connectivity index (χ1v) is 3.69. The lowest BCUT2D eigenvalue weighted by Crippen LogP contribution is -1.99. The van der Waals surface area contributed by atoms with Crippen molar-refractivity contribution in [1.82, 2.24) is 5.43 Å². The molecule has 0 aromatic carbocycles. The van der Waals surface area contributed by atoms with Crippen LogP contribution in [0.2, 0.25) is 0 Å². The average Bonchev–Trinajstić information content (AvgIpc) is 1.89. The summed E-state index contributed by atoms with van der Waals surface area (Å²) in [5.74, 6) is 0. The lowest BCUT2D eigenvalue weighted by Gasteiger charge is -1.97. The van der Waals surface area contributed by atoms with Crippen molar-refractivity contribution >= 4 is 6.72 Å².